The van der Waals surface area contributed by atoms with Gasteiger partial charge in [0.2, 0.25) is 0 Å². The van der Waals surface area contributed by atoms with Crippen LogP contribution in [0.15, 0.2) is 17.3 Å². The van der Waals surface area contributed by atoms with E-state index >= 15 is 0 Å². The molecule has 0 bridgehead atoms. The van der Waals surface area contributed by atoms with Crippen LogP contribution in [-0.4, -0.2) is 38.6 Å². The second-order valence-electron chi connectivity index (χ2n) is 3.03. The Labute approximate surface area is 98.4 Å². The highest BCUT2D eigenvalue weighted by atomic mass is 16.6. The third-order valence-corrected chi connectivity index (χ3v) is 2.03. The average molecular weight is 239 g/mol. The SMILES string of the molecule is CO/N=C/c1cc(OC)c(O)c(C(=O)OC)c1. The molecule has 1 aromatic rings. The number of ether oxygens (including phenoxy) is 2. The van der Waals surface area contributed by atoms with E-state index in [-0.39, 0.29) is 17.1 Å². The molecule has 92 valence electrons. The summed E-state index contributed by atoms with van der Waals surface area (Å²) in [6, 6.07) is 2.94. The highest BCUT2D eigenvalue weighted by Gasteiger charge is 2.17. The quantitative estimate of drug-likeness (QED) is 0.484. The second-order valence-corrected chi connectivity index (χ2v) is 3.03. The molecule has 6 heteroatoms. The highest BCUT2D eigenvalue weighted by molar-refractivity contribution is 5.96. The Morgan fingerprint density at radius 3 is 2.59 bits per heavy atom. The van der Waals surface area contributed by atoms with Gasteiger partial charge < -0.3 is 19.4 Å². The molecule has 1 N–H and O–H groups in total. The molecule has 0 unspecified atom stereocenters. The number of benzene rings is 1. The zero-order chi connectivity index (χ0) is 12.8. The number of rotatable bonds is 4. The van der Waals surface area contributed by atoms with Gasteiger partial charge in [-0.25, -0.2) is 4.79 Å². The maximum absolute atomic E-state index is 11.4. The van der Waals surface area contributed by atoms with E-state index in [0.29, 0.717) is 5.56 Å². The fraction of sp³-hybridized carbons (Fsp3) is 0.273. The van der Waals surface area contributed by atoms with Crippen molar-refractivity contribution in [3.05, 3.63) is 23.3 Å². The number of nitrogens with zero attached hydrogens (tertiary/aromatic N) is 1. The smallest absolute Gasteiger partial charge is 0.341 e. The van der Waals surface area contributed by atoms with Crippen LogP contribution < -0.4 is 4.74 Å². The van der Waals surface area contributed by atoms with Gasteiger partial charge in [-0.15, -0.1) is 0 Å². The summed E-state index contributed by atoms with van der Waals surface area (Å²) in [6.45, 7) is 0. The number of hydrogen-bond donors (Lipinski definition) is 1. The molecule has 0 aliphatic carbocycles. The fourth-order valence-electron chi connectivity index (χ4n) is 1.24. The van der Waals surface area contributed by atoms with Crippen LogP contribution >= 0.6 is 0 Å². The van der Waals surface area contributed by atoms with E-state index in [1.807, 2.05) is 0 Å². The molecule has 0 atom stereocenters. The Bertz CT molecular complexity index is 442. The zero-order valence-electron chi connectivity index (χ0n) is 9.76. The first kappa shape index (κ1) is 12.8. The number of esters is 1. The van der Waals surface area contributed by atoms with Crippen LogP contribution in [-0.2, 0) is 9.57 Å². The van der Waals surface area contributed by atoms with Gasteiger partial charge in [-0.2, -0.15) is 0 Å². The van der Waals surface area contributed by atoms with E-state index in [2.05, 4.69) is 14.7 Å². The van der Waals surface area contributed by atoms with Crippen LogP contribution in [0.2, 0.25) is 0 Å². The van der Waals surface area contributed by atoms with Gasteiger partial charge in [0.15, 0.2) is 11.5 Å². The fourth-order valence-corrected chi connectivity index (χ4v) is 1.24. The molecule has 6 nitrogen and oxygen atoms in total. The molecule has 0 aliphatic rings. The van der Waals surface area contributed by atoms with Crippen LogP contribution in [0.3, 0.4) is 0 Å². The minimum Gasteiger partial charge on any atom is -0.504 e. The van der Waals surface area contributed by atoms with E-state index < -0.39 is 5.97 Å². The molecule has 0 fully saturated rings. The Kier molecular flexibility index (Phi) is 4.33. The van der Waals surface area contributed by atoms with Gasteiger partial charge in [0, 0.05) is 5.56 Å². The monoisotopic (exact) mass is 239 g/mol. The van der Waals surface area contributed by atoms with Crippen molar-refractivity contribution in [3.63, 3.8) is 0 Å². The molecule has 1 aromatic carbocycles. The van der Waals surface area contributed by atoms with Crippen LogP contribution in [0.25, 0.3) is 0 Å². The predicted octanol–water partition coefficient (Wildman–Crippen LogP) is 1.17. The van der Waals surface area contributed by atoms with Crippen molar-refractivity contribution in [2.45, 2.75) is 0 Å². The summed E-state index contributed by atoms with van der Waals surface area (Å²) >= 11 is 0. The molecule has 0 spiro atoms. The number of carbonyl (C=O) groups is 1. The van der Waals surface area contributed by atoms with E-state index in [1.54, 1.807) is 0 Å². The van der Waals surface area contributed by atoms with Crippen molar-refractivity contribution < 1.29 is 24.2 Å². The Morgan fingerprint density at radius 2 is 2.06 bits per heavy atom. The van der Waals surface area contributed by atoms with E-state index in [4.69, 9.17) is 4.74 Å². The summed E-state index contributed by atoms with van der Waals surface area (Å²) < 4.78 is 9.49. The Balaban J connectivity index is 3.28. The Hall–Kier alpha value is -2.24. The summed E-state index contributed by atoms with van der Waals surface area (Å²) in [7, 11) is 4.01. The first-order chi connectivity index (χ1) is 8.13. The molecule has 17 heavy (non-hydrogen) atoms. The molecule has 1 rings (SSSR count). The summed E-state index contributed by atoms with van der Waals surface area (Å²) in [6.07, 6.45) is 1.38. The summed E-state index contributed by atoms with van der Waals surface area (Å²) in [5.74, 6) is -0.771. The lowest BCUT2D eigenvalue weighted by Gasteiger charge is -2.08. The number of carbonyl (C=O) groups excluding carboxylic acids is 1. The van der Waals surface area contributed by atoms with Crippen LogP contribution in [0.4, 0.5) is 0 Å². The molecule has 0 saturated heterocycles. The molecule has 0 heterocycles. The average Bonchev–Trinajstić information content (AvgIpc) is 2.36. The number of phenols is 1. The highest BCUT2D eigenvalue weighted by Crippen LogP contribution is 2.31. The van der Waals surface area contributed by atoms with Crippen molar-refractivity contribution in [2.24, 2.45) is 5.16 Å². The summed E-state index contributed by atoms with van der Waals surface area (Å²) in [4.78, 5) is 15.9. The van der Waals surface area contributed by atoms with Crippen LogP contribution in [0.1, 0.15) is 15.9 Å². The van der Waals surface area contributed by atoms with Crippen molar-refractivity contribution in [2.75, 3.05) is 21.3 Å². The van der Waals surface area contributed by atoms with Crippen molar-refractivity contribution in [1.82, 2.24) is 0 Å². The summed E-state index contributed by atoms with van der Waals surface area (Å²) in [5, 5.41) is 13.3. The van der Waals surface area contributed by atoms with Gasteiger partial charge in [-0.1, -0.05) is 5.16 Å². The third kappa shape index (κ3) is 2.87. The number of phenolic OH excluding ortho intramolecular Hbond substituents is 1. The van der Waals surface area contributed by atoms with E-state index in [9.17, 15) is 9.90 Å². The summed E-state index contributed by atoms with van der Waals surface area (Å²) in [5.41, 5.74) is 0.548. The van der Waals surface area contributed by atoms with Gasteiger partial charge >= 0.3 is 5.97 Å². The standard InChI is InChI=1S/C11H13NO5/c1-15-9-5-7(6-12-17-3)4-8(10(9)13)11(14)16-2/h4-6,13H,1-3H3/b12-6+. The maximum atomic E-state index is 11.4. The largest absolute Gasteiger partial charge is 0.504 e. The lowest BCUT2D eigenvalue weighted by atomic mass is 10.1. The molecule has 0 aliphatic heterocycles. The minimum absolute atomic E-state index is 0.00408. The molecular weight excluding hydrogens is 226 g/mol. The van der Waals surface area contributed by atoms with Crippen molar-refractivity contribution in [1.29, 1.82) is 0 Å². The lowest BCUT2D eigenvalue weighted by Crippen LogP contribution is -2.03. The van der Waals surface area contributed by atoms with Crippen molar-refractivity contribution >= 4 is 12.2 Å². The first-order valence-corrected chi connectivity index (χ1v) is 4.69. The van der Waals surface area contributed by atoms with Gasteiger partial charge in [0.1, 0.15) is 12.7 Å². The lowest BCUT2D eigenvalue weighted by molar-refractivity contribution is 0.0596. The molecule has 0 aromatic heterocycles. The number of aromatic hydroxyl groups is 1. The molecule has 0 amide bonds. The van der Waals surface area contributed by atoms with Gasteiger partial charge in [-0.05, 0) is 12.1 Å². The Morgan fingerprint density at radius 1 is 1.35 bits per heavy atom. The second kappa shape index (κ2) is 5.74. The normalized spacial score (nSPS) is 10.3. The number of oxime groups is 1. The topological polar surface area (TPSA) is 77.4 Å². The van der Waals surface area contributed by atoms with Gasteiger partial charge in [0.05, 0.1) is 20.4 Å². The maximum Gasteiger partial charge on any atom is 0.341 e. The molecule has 0 saturated carbocycles. The minimum atomic E-state index is -0.659. The van der Waals surface area contributed by atoms with E-state index in [1.165, 1.54) is 39.7 Å². The van der Waals surface area contributed by atoms with Gasteiger partial charge in [-0.3, -0.25) is 0 Å². The van der Waals surface area contributed by atoms with Crippen LogP contribution in [0.5, 0.6) is 11.5 Å². The number of hydrogen-bond acceptors (Lipinski definition) is 6. The molecule has 0 radical (unpaired) electrons. The van der Waals surface area contributed by atoms with Crippen LogP contribution in [0, 0.1) is 0 Å². The van der Waals surface area contributed by atoms with Crippen molar-refractivity contribution in [3.8, 4) is 11.5 Å². The number of methoxy groups -OCH3 is 2. The predicted molar refractivity (Wildman–Crippen MR) is 60.6 cm³/mol. The first-order valence-electron chi connectivity index (χ1n) is 4.69. The third-order valence-electron chi connectivity index (χ3n) is 2.03. The van der Waals surface area contributed by atoms with Gasteiger partial charge in [0.25, 0.3) is 0 Å². The zero-order valence-corrected chi connectivity index (χ0v) is 9.76. The van der Waals surface area contributed by atoms with E-state index in [0.717, 1.165) is 0 Å². The molecular formula is C11H13NO5.